The Labute approximate surface area is 128 Å². The Morgan fingerprint density at radius 2 is 1.86 bits per heavy atom. The third kappa shape index (κ3) is 4.78. The third-order valence-corrected chi connectivity index (χ3v) is 5.53. The van der Waals surface area contributed by atoms with E-state index in [4.69, 9.17) is 0 Å². The molecule has 0 aromatic heterocycles. The highest BCUT2D eigenvalue weighted by atomic mass is 32.2. The number of aliphatic hydroxyl groups is 1. The zero-order valence-electron chi connectivity index (χ0n) is 13.3. The molecule has 0 saturated carbocycles. The second-order valence-electron chi connectivity index (χ2n) is 5.41. The van der Waals surface area contributed by atoms with E-state index in [-0.39, 0.29) is 6.61 Å². The van der Waals surface area contributed by atoms with E-state index in [1.165, 1.54) is 4.31 Å². The molecule has 0 aliphatic carbocycles. The molecule has 0 aliphatic heterocycles. The molecule has 1 aromatic carbocycles. The predicted octanol–water partition coefficient (Wildman–Crippen LogP) is 1.45. The van der Waals surface area contributed by atoms with E-state index in [1.807, 2.05) is 25.9 Å². The lowest BCUT2D eigenvalue weighted by Gasteiger charge is -2.22. The number of sulfonamides is 1. The quantitative estimate of drug-likeness (QED) is 0.789. The van der Waals surface area contributed by atoms with Crippen molar-refractivity contribution in [3.05, 3.63) is 29.3 Å². The molecule has 6 heteroatoms. The van der Waals surface area contributed by atoms with Gasteiger partial charge in [-0.3, -0.25) is 0 Å². The molecule has 0 aliphatic rings. The Morgan fingerprint density at radius 3 is 2.38 bits per heavy atom. The van der Waals surface area contributed by atoms with Gasteiger partial charge in [0.05, 0.1) is 11.5 Å². The minimum atomic E-state index is -3.51. The van der Waals surface area contributed by atoms with E-state index in [0.29, 0.717) is 29.1 Å². The summed E-state index contributed by atoms with van der Waals surface area (Å²) in [5.74, 6) is 0. The minimum absolute atomic E-state index is 0.157. The molecule has 0 saturated heterocycles. The van der Waals surface area contributed by atoms with Gasteiger partial charge in [-0.15, -0.1) is 0 Å². The highest BCUT2D eigenvalue weighted by Gasteiger charge is 2.24. The normalized spacial score (nSPS) is 12.3. The van der Waals surface area contributed by atoms with Crippen LogP contribution in [-0.2, 0) is 16.6 Å². The van der Waals surface area contributed by atoms with Gasteiger partial charge in [0.1, 0.15) is 0 Å². The Morgan fingerprint density at radius 1 is 1.19 bits per heavy atom. The van der Waals surface area contributed by atoms with Crippen LogP contribution < -0.4 is 0 Å². The molecule has 0 unspecified atom stereocenters. The zero-order chi connectivity index (χ0) is 16.0. The first-order valence-corrected chi connectivity index (χ1v) is 8.62. The molecule has 0 spiro atoms. The van der Waals surface area contributed by atoms with Crippen LogP contribution >= 0.6 is 0 Å². The summed E-state index contributed by atoms with van der Waals surface area (Å²) in [6, 6.07) is 5.06. The maximum atomic E-state index is 12.8. The van der Waals surface area contributed by atoms with E-state index >= 15 is 0 Å². The van der Waals surface area contributed by atoms with Gasteiger partial charge in [0.15, 0.2) is 0 Å². The summed E-state index contributed by atoms with van der Waals surface area (Å²) in [7, 11) is 0.435. The van der Waals surface area contributed by atoms with Crippen LogP contribution in [0.25, 0.3) is 0 Å². The second-order valence-corrected chi connectivity index (χ2v) is 7.32. The number of nitrogens with zero attached hydrogens (tertiary/aromatic N) is 2. The minimum Gasteiger partial charge on any atom is -0.392 e. The van der Waals surface area contributed by atoms with Crippen molar-refractivity contribution in [2.75, 3.05) is 33.7 Å². The van der Waals surface area contributed by atoms with Crippen molar-refractivity contribution < 1.29 is 13.5 Å². The van der Waals surface area contributed by atoms with Crippen LogP contribution in [0.1, 0.15) is 24.5 Å². The number of aryl methyl sites for hydroxylation is 1. The smallest absolute Gasteiger partial charge is 0.243 e. The number of hydrogen-bond acceptors (Lipinski definition) is 4. The molecule has 1 N–H and O–H groups in total. The van der Waals surface area contributed by atoms with Crippen LogP contribution in [0, 0.1) is 6.92 Å². The predicted molar refractivity (Wildman–Crippen MR) is 84.7 cm³/mol. The lowest BCUT2D eigenvalue weighted by molar-refractivity contribution is 0.281. The van der Waals surface area contributed by atoms with Gasteiger partial charge in [-0.1, -0.05) is 19.1 Å². The second kappa shape index (κ2) is 7.89. The van der Waals surface area contributed by atoms with Crippen molar-refractivity contribution in [3.63, 3.8) is 0 Å². The van der Waals surface area contributed by atoms with Crippen molar-refractivity contribution in [1.29, 1.82) is 0 Å². The van der Waals surface area contributed by atoms with Crippen LogP contribution in [0.15, 0.2) is 23.1 Å². The molecule has 5 nitrogen and oxygen atoms in total. The number of rotatable bonds is 8. The molecular formula is C15H26N2O3S. The standard InChI is InChI=1S/C15H26N2O3S/c1-5-17(10-6-9-16(3)4)21(19,20)15-11-14(12-18)8-7-13(15)2/h7-8,11,18H,5-6,9-10,12H2,1-4H3. The van der Waals surface area contributed by atoms with Crippen molar-refractivity contribution in [1.82, 2.24) is 9.21 Å². The Balaban J connectivity index is 3.01. The molecule has 0 amide bonds. The van der Waals surface area contributed by atoms with Gasteiger partial charge in [-0.2, -0.15) is 4.31 Å². The molecule has 0 heterocycles. The maximum Gasteiger partial charge on any atom is 0.243 e. The summed E-state index contributed by atoms with van der Waals surface area (Å²) >= 11 is 0. The van der Waals surface area contributed by atoms with Crippen LogP contribution in [0.2, 0.25) is 0 Å². The van der Waals surface area contributed by atoms with Crippen LogP contribution in [0.5, 0.6) is 0 Å². The van der Waals surface area contributed by atoms with E-state index in [0.717, 1.165) is 13.0 Å². The third-order valence-electron chi connectivity index (χ3n) is 3.42. The molecule has 21 heavy (non-hydrogen) atoms. The van der Waals surface area contributed by atoms with Gasteiger partial charge in [0, 0.05) is 13.1 Å². The average Bonchev–Trinajstić information content (AvgIpc) is 2.43. The van der Waals surface area contributed by atoms with Crippen molar-refractivity contribution in [3.8, 4) is 0 Å². The van der Waals surface area contributed by atoms with Crippen LogP contribution in [0.3, 0.4) is 0 Å². The van der Waals surface area contributed by atoms with Gasteiger partial charge in [-0.25, -0.2) is 8.42 Å². The molecular weight excluding hydrogens is 288 g/mol. The summed E-state index contributed by atoms with van der Waals surface area (Å²) in [4.78, 5) is 2.33. The van der Waals surface area contributed by atoms with Crippen molar-refractivity contribution >= 4 is 10.0 Å². The highest BCUT2D eigenvalue weighted by molar-refractivity contribution is 7.89. The number of hydrogen-bond donors (Lipinski definition) is 1. The van der Waals surface area contributed by atoms with Gasteiger partial charge in [0.25, 0.3) is 0 Å². The first-order valence-electron chi connectivity index (χ1n) is 7.18. The van der Waals surface area contributed by atoms with E-state index < -0.39 is 10.0 Å². The number of benzene rings is 1. The largest absolute Gasteiger partial charge is 0.392 e. The van der Waals surface area contributed by atoms with Crippen LogP contribution in [0.4, 0.5) is 0 Å². The number of aliphatic hydroxyl groups excluding tert-OH is 1. The monoisotopic (exact) mass is 314 g/mol. The van der Waals surface area contributed by atoms with E-state index in [9.17, 15) is 13.5 Å². The van der Waals surface area contributed by atoms with Gasteiger partial charge < -0.3 is 10.0 Å². The van der Waals surface area contributed by atoms with Gasteiger partial charge in [-0.05, 0) is 51.2 Å². The van der Waals surface area contributed by atoms with Gasteiger partial charge >= 0.3 is 0 Å². The summed E-state index contributed by atoms with van der Waals surface area (Å²) in [5.41, 5.74) is 1.32. The topological polar surface area (TPSA) is 60.9 Å². The Hall–Kier alpha value is -0.950. The summed E-state index contributed by atoms with van der Waals surface area (Å²) in [6.45, 7) is 5.26. The van der Waals surface area contributed by atoms with Gasteiger partial charge in [0.2, 0.25) is 10.0 Å². The lowest BCUT2D eigenvalue weighted by atomic mass is 10.2. The Kier molecular flexibility index (Phi) is 6.80. The summed E-state index contributed by atoms with van der Waals surface area (Å²) < 4.78 is 27.0. The molecule has 1 aromatic rings. The average molecular weight is 314 g/mol. The van der Waals surface area contributed by atoms with E-state index in [2.05, 4.69) is 0 Å². The fourth-order valence-electron chi connectivity index (χ4n) is 2.17. The van der Waals surface area contributed by atoms with Crippen LogP contribution in [-0.4, -0.2) is 56.5 Å². The molecule has 1 rings (SSSR count). The van der Waals surface area contributed by atoms with E-state index in [1.54, 1.807) is 25.1 Å². The summed E-state index contributed by atoms with van der Waals surface area (Å²) in [6.07, 6.45) is 0.790. The lowest BCUT2D eigenvalue weighted by Crippen LogP contribution is -2.33. The van der Waals surface area contributed by atoms with Crippen molar-refractivity contribution in [2.45, 2.75) is 31.8 Å². The van der Waals surface area contributed by atoms with Crippen molar-refractivity contribution in [2.24, 2.45) is 0 Å². The first kappa shape index (κ1) is 18.1. The molecule has 0 bridgehead atoms. The molecule has 120 valence electrons. The molecule has 0 atom stereocenters. The first-order chi connectivity index (χ1) is 9.82. The molecule has 0 radical (unpaired) electrons. The fourth-order valence-corrected chi connectivity index (χ4v) is 3.93. The Bertz CT molecular complexity index is 556. The molecule has 0 fully saturated rings. The summed E-state index contributed by atoms with van der Waals surface area (Å²) in [5, 5.41) is 9.20. The zero-order valence-corrected chi connectivity index (χ0v) is 14.2. The maximum absolute atomic E-state index is 12.8. The fraction of sp³-hybridized carbons (Fsp3) is 0.600. The SMILES string of the molecule is CCN(CCCN(C)C)S(=O)(=O)c1cc(CO)ccc1C. The highest BCUT2D eigenvalue weighted by Crippen LogP contribution is 2.21.